The second-order valence-corrected chi connectivity index (χ2v) is 8.39. The lowest BCUT2D eigenvalue weighted by atomic mass is 9.75. The maximum atomic E-state index is 13.2. The number of benzene rings is 2. The number of hydrazone groups is 1. The second kappa shape index (κ2) is 9.89. The number of rotatable bonds is 6. The lowest BCUT2D eigenvalue weighted by Gasteiger charge is -2.28. The summed E-state index contributed by atoms with van der Waals surface area (Å²) in [4.78, 5) is 26.1. The molecule has 0 fully saturated rings. The molecule has 6 nitrogen and oxygen atoms in total. The van der Waals surface area contributed by atoms with E-state index in [1.807, 2.05) is 0 Å². The van der Waals surface area contributed by atoms with Crippen molar-refractivity contribution in [1.29, 1.82) is 0 Å². The van der Waals surface area contributed by atoms with Crippen molar-refractivity contribution in [2.45, 2.75) is 26.4 Å². The van der Waals surface area contributed by atoms with Crippen LogP contribution in [-0.4, -0.2) is 35.9 Å². The molecule has 1 atom stereocenters. The van der Waals surface area contributed by atoms with Crippen LogP contribution in [0, 0.1) is 5.41 Å². The van der Waals surface area contributed by atoms with Crippen LogP contribution in [0.1, 0.15) is 31.4 Å². The van der Waals surface area contributed by atoms with E-state index in [0.717, 1.165) is 29.3 Å². The molecule has 0 aromatic heterocycles. The fraction of sp³-hybridized carbons (Fsp3) is 0.292. The van der Waals surface area contributed by atoms with Gasteiger partial charge in [0, 0.05) is 10.7 Å². The molecule has 0 saturated carbocycles. The van der Waals surface area contributed by atoms with E-state index in [1.54, 1.807) is 38.1 Å². The van der Waals surface area contributed by atoms with E-state index >= 15 is 0 Å². The molecule has 3 rings (SSSR count). The van der Waals surface area contributed by atoms with Gasteiger partial charge in [-0.25, -0.2) is 9.80 Å². The number of nitrogens with one attached hydrogen (secondary N) is 1. The molecule has 0 bridgehead atoms. The van der Waals surface area contributed by atoms with Gasteiger partial charge in [0.05, 0.1) is 24.4 Å². The standard InChI is InChI=1S/C24H23ClF3N3O3/c1-4-34-21(32)23(13-15(2)3)14-31(30-20(23)16-5-9-18(25)10-6-16)22(33)29-19-11-7-17(8-12-19)24(26,27)28/h5-12H,2,4,13-14H2,1,3H3,(H,29,33). The predicted octanol–water partition coefficient (Wildman–Crippen LogP) is 6.13. The molecule has 1 N–H and O–H groups in total. The first-order valence-corrected chi connectivity index (χ1v) is 10.8. The van der Waals surface area contributed by atoms with Crippen LogP contribution in [0.2, 0.25) is 5.02 Å². The number of allylic oxidation sites excluding steroid dienone is 1. The Labute approximate surface area is 200 Å². The third-order valence-corrected chi connectivity index (χ3v) is 5.43. The van der Waals surface area contributed by atoms with Gasteiger partial charge in [-0.3, -0.25) is 4.79 Å². The summed E-state index contributed by atoms with van der Waals surface area (Å²) >= 11 is 6.00. The summed E-state index contributed by atoms with van der Waals surface area (Å²) in [6.07, 6.45) is -4.31. The molecule has 10 heteroatoms. The first kappa shape index (κ1) is 25.3. The Kier molecular flexibility index (Phi) is 7.35. The van der Waals surface area contributed by atoms with Gasteiger partial charge < -0.3 is 10.1 Å². The smallest absolute Gasteiger partial charge is 0.416 e. The number of nitrogens with zero attached hydrogens (tertiary/aromatic N) is 2. The lowest BCUT2D eigenvalue weighted by Crippen LogP contribution is -2.45. The van der Waals surface area contributed by atoms with E-state index in [0.29, 0.717) is 21.9 Å². The first-order chi connectivity index (χ1) is 16.0. The van der Waals surface area contributed by atoms with Crippen LogP contribution in [0.15, 0.2) is 65.8 Å². The molecule has 1 aliphatic heterocycles. The number of ether oxygens (including phenoxy) is 1. The Hall–Kier alpha value is -3.33. The normalized spacial score (nSPS) is 17.8. The third-order valence-electron chi connectivity index (χ3n) is 5.18. The Morgan fingerprint density at radius 1 is 1.18 bits per heavy atom. The van der Waals surface area contributed by atoms with Gasteiger partial charge >= 0.3 is 18.2 Å². The van der Waals surface area contributed by atoms with Crippen LogP contribution < -0.4 is 5.32 Å². The van der Waals surface area contributed by atoms with Gasteiger partial charge in [0.15, 0.2) is 0 Å². The van der Waals surface area contributed by atoms with Crippen molar-refractivity contribution in [2.75, 3.05) is 18.5 Å². The average molecular weight is 494 g/mol. The van der Waals surface area contributed by atoms with E-state index < -0.39 is 29.2 Å². The topological polar surface area (TPSA) is 71.0 Å². The zero-order chi connectivity index (χ0) is 25.1. The van der Waals surface area contributed by atoms with Gasteiger partial charge in [-0.2, -0.15) is 18.3 Å². The van der Waals surface area contributed by atoms with E-state index in [9.17, 15) is 22.8 Å². The maximum absolute atomic E-state index is 13.2. The Morgan fingerprint density at radius 2 is 1.79 bits per heavy atom. The first-order valence-electron chi connectivity index (χ1n) is 10.4. The zero-order valence-corrected chi connectivity index (χ0v) is 19.3. The number of alkyl halides is 3. The fourth-order valence-electron chi connectivity index (χ4n) is 3.73. The molecule has 0 radical (unpaired) electrons. The highest BCUT2D eigenvalue weighted by atomic mass is 35.5. The maximum Gasteiger partial charge on any atom is 0.416 e. The predicted molar refractivity (Wildman–Crippen MR) is 124 cm³/mol. The van der Waals surface area contributed by atoms with E-state index in [2.05, 4.69) is 17.0 Å². The number of carbonyl (C=O) groups excluding carboxylic acids is 2. The molecule has 1 unspecified atom stereocenters. The number of hydrogen-bond donors (Lipinski definition) is 1. The molecule has 2 amide bonds. The highest BCUT2D eigenvalue weighted by Crippen LogP contribution is 2.39. The van der Waals surface area contributed by atoms with Gasteiger partial charge in [-0.05, 0) is 62.2 Å². The monoisotopic (exact) mass is 493 g/mol. The SMILES string of the molecule is C=C(C)CC1(C(=O)OCC)CN(C(=O)Nc2ccc(C(F)(F)F)cc2)N=C1c1ccc(Cl)cc1. The summed E-state index contributed by atoms with van der Waals surface area (Å²) in [7, 11) is 0. The number of carbonyl (C=O) groups is 2. The van der Waals surface area contributed by atoms with E-state index in [1.165, 1.54) is 0 Å². The van der Waals surface area contributed by atoms with Crippen LogP contribution >= 0.6 is 11.6 Å². The number of urea groups is 1. The zero-order valence-electron chi connectivity index (χ0n) is 18.6. The second-order valence-electron chi connectivity index (χ2n) is 7.95. The fourth-order valence-corrected chi connectivity index (χ4v) is 3.86. The molecule has 34 heavy (non-hydrogen) atoms. The molecule has 0 aliphatic carbocycles. The highest BCUT2D eigenvalue weighted by molar-refractivity contribution is 6.30. The molecule has 0 saturated heterocycles. The van der Waals surface area contributed by atoms with Crippen molar-refractivity contribution >= 4 is 35.0 Å². The molecule has 0 spiro atoms. The summed E-state index contributed by atoms with van der Waals surface area (Å²) in [6, 6.07) is 9.97. The molecule has 1 heterocycles. The van der Waals surface area contributed by atoms with Crippen LogP contribution in [0.25, 0.3) is 0 Å². The van der Waals surface area contributed by atoms with Gasteiger partial charge in [0.1, 0.15) is 5.41 Å². The summed E-state index contributed by atoms with van der Waals surface area (Å²) in [5, 5.41) is 8.50. The van der Waals surface area contributed by atoms with Crippen LogP contribution in [0.3, 0.4) is 0 Å². The summed E-state index contributed by atoms with van der Waals surface area (Å²) in [5.41, 5.74) is -0.434. The largest absolute Gasteiger partial charge is 0.465 e. The van der Waals surface area contributed by atoms with Crippen molar-refractivity contribution in [3.8, 4) is 0 Å². The Bertz CT molecular complexity index is 1120. The molecule has 180 valence electrons. The number of amides is 2. The van der Waals surface area contributed by atoms with Gasteiger partial charge in [-0.15, -0.1) is 6.58 Å². The molecule has 2 aromatic carbocycles. The number of anilines is 1. The van der Waals surface area contributed by atoms with E-state index in [4.69, 9.17) is 16.3 Å². The summed E-state index contributed by atoms with van der Waals surface area (Å²) < 4.78 is 43.8. The minimum Gasteiger partial charge on any atom is -0.465 e. The van der Waals surface area contributed by atoms with Crippen LogP contribution in [0.4, 0.5) is 23.7 Å². The highest BCUT2D eigenvalue weighted by Gasteiger charge is 2.52. The summed E-state index contributed by atoms with van der Waals surface area (Å²) in [6.45, 7) is 7.34. The van der Waals surface area contributed by atoms with Crippen LogP contribution in [-0.2, 0) is 15.7 Å². The van der Waals surface area contributed by atoms with Crippen molar-refractivity contribution in [3.05, 3.63) is 76.8 Å². The number of hydrogen-bond acceptors (Lipinski definition) is 4. The quantitative estimate of drug-likeness (QED) is 0.389. The van der Waals surface area contributed by atoms with Crippen molar-refractivity contribution in [1.82, 2.24) is 5.01 Å². The molecular formula is C24H23ClF3N3O3. The van der Waals surface area contributed by atoms with Gasteiger partial charge in [0.25, 0.3) is 0 Å². The minimum atomic E-state index is -4.49. The third kappa shape index (κ3) is 5.41. The van der Waals surface area contributed by atoms with Gasteiger partial charge in [0.2, 0.25) is 0 Å². The number of esters is 1. The molecule has 1 aliphatic rings. The van der Waals surface area contributed by atoms with Gasteiger partial charge in [-0.1, -0.05) is 29.3 Å². The van der Waals surface area contributed by atoms with Crippen molar-refractivity contribution < 1.29 is 27.5 Å². The number of halogens is 4. The van der Waals surface area contributed by atoms with Crippen molar-refractivity contribution in [3.63, 3.8) is 0 Å². The van der Waals surface area contributed by atoms with E-state index in [-0.39, 0.29) is 25.3 Å². The van der Waals surface area contributed by atoms with Crippen LogP contribution in [0.5, 0.6) is 0 Å². The Morgan fingerprint density at radius 3 is 2.32 bits per heavy atom. The molecule has 2 aromatic rings. The summed E-state index contributed by atoms with van der Waals surface area (Å²) in [5.74, 6) is -0.559. The molecular weight excluding hydrogens is 471 g/mol. The Balaban J connectivity index is 1.96. The lowest BCUT2D eigenvalue weighted by molar-refractivity contribution is -0.151. The average Bonchev–Trinajstić information content (AvgIpc) is 3.14. The minimum absolute atomic E-state index is 0.127. The van der Waals surface area contributed by atoms with Crippen molar-refractivity contribution in [2.24, 2.45) is 10.5 Å².